The Labute approximate surface area is 259 Å². The van der Waals surface area contributed by atoms with Gasteiger partial charge < -0.3 is 10.2 Å². The maximum Gasteiger partial charge on any atom is 0.0911 e. The van der Waals surface area contributed by atoms with Gasteiger partial charge in [-0.1, -0.05) is 73.5 Å². The first kappa shape index (κ1) is 44.0. The zero-order chi connectivity index (χ0) is 33.6. The molecule has 44 heavy (non-hydrogen) atoms. The standard InChI is InChI=1S/C10H14O4.C10H14O2.2C5H12O4/c1-8-2-4-9(5-3-8)10(6-13-11)7-14-12;1-8-2-4-9(5-3-8)10(6-11)7-12;2*1-2-5(3-8-6)4-9-7/h2-5,10-12H,6-7H2,1H3;2-5,10-12H,6-7H2,1H3;2*5-7H,2-4H2,1H3. The van der Waals surface area contributed by atoms with Crippen molar-refractivity contribution in [3.8, 4) is 0 Å². The molecular weight excluding hydrogens is 584 g/mol. The quantitative estimate of drug-likeness (QED) is 0.0788. The molecule has 2 aromatic rings. The average Bonchev–Trinajstić information content (AvgIpc) is 3.03. The molecule has 2 aromatic carbocycles. The van der Waals surface area contributed by atoms with E-state index in [-0.39, 0.29) is 76.5 Å². The van der Waals surface area contributed by atoms with Crippen LogP contribution in [0.3, 0.4) is 0 Å². The summed E-state index contributed by atoms with van der Waals surface area (Å²) in [5.41, 5.74) is 4.29. The summed E-state index contributed by atoms with van der Waals surface area (Å²) in [7, 11) is 0. The molecule has 0 aliphatic heterocycles. The van der Waals surface area contributed by atoms with Gasteiger partial charge in [0.2, 0.25) is 0 Å². The fourth-order valence-electron chi connectivity index (χ4n) is 3.36. The van der Waals surface area contributed by atoms with Crippen LogP contribution in [0.15, 0.2) is 48.5 Å². The molecule has 14 nitrogen and oxygen atoms in total. The highest BCUT2D eigenvalue weighted by Gasteiger charge is 2.12. The number of aliphatic hydroxyl groups excluding tert-OH is 2. The van der Waals surface area contributed by atoms with Crippen LogP contribution in [0.25, 0.3) is 0 Å². The molecule has 0 heterocycles. The van der Waals surface area contributed by atoms with Crippen LogP contribution in [-0.4, -0.2) is 94.6 Å². The maximum atomic E-state index is 8.89. The zero-order valence-electron chi connectivity index (χ0n) is 26.0. The molecule has 14 heteroatoms. The van der Waals surface area contributed by atoms with Crippen molar-refractivity contribution in [2.24, 2.45) is 11.8 Å². The number of hydrogen-bond donors (Lipinski definition) is 8. The van der Waals surface area contributed by atoms with Gasteiger partial charge in [-0.05, 0) is 37.8 Å². The molecule has 256 valence electrons. The van der Waals surface area contributed by atoms with Crippen molar-refractivity contribution < 1.29 is 71.1 Å². The summed E-state index contributed by atoms with van der Waals surface area (Å²) >= 11 is 0. The van der Waals surface area contributed by atoms with Crippen LogP contribution >= 0.6 is 0 Å². The molecule has 0 aliphatic carbocycles. The van der Waals surface area contributed by atoms with Crippen molar-refractivity contribution in [2.45, 2.75) is 52.4 Å². The van der Waals surface area contributed by atoms with Gasteiger partial charge in [0.15, 0.2) is 0 Å². The number of aryl methyl sites for hydroxylation is 2. The lowest BCUT2D eigenvalue weighted by atomic mass is 10.00. The molecular formula is C30H52O14. The first-order chi connectivity index (χ1) is 21.2. The summed E-state index contributed by atoms with van der Waals surface area (Å²) in [4.78, 5) is 23.5. The van der Waals surface area contributed by atoms with E-state index in [0.717, 1.165) is 29.5 Å². The summed E-state index contributed by atoms with van der Waals surface area (Å²) in [6.07, 6.45) is 1.61. The van der Waals surface area contributed by atoms with Crippen molar-refractivity contribution >= 4 is 0 Å². The van der Waals surface area contributed by atoms with E-state index in [0.29, 0.717) is 0 Å². The zero-order valence-corrected chi connectivity index (χ0v) is 26.0. The first-order valence-corrected chi connectivity index (χ1v) is 14.2. The Morgan fingerprint density at radius 2 is 0.727 bits per heavy atom. The van der Waals surface area contributed by atoms with Gasteiger partial charge in [-0.2, -0.15) is 0 Å². The molecule has 0 amide bonds. The molecule has 8 N–H and O–H groups in total. The maximum absolute atomic E-state index is 8.89. The van der Waals surface area contributed by atoms with Gasteiger partial charge in [0, 0.05) is 23.7 Å². The van der Waals surface area contributed by atoms with Gasteiger partial charge in [0.05, 0.1) is 52.9 Å². The third-order valence-corrected chi connectivity index (χ3v) is 6.49. The minimum Gasteiger partial charge on any atom is -0.396 e. The second-order valence-corrected chi connectivity index (χ2v) is 9.90. The summed E-state index contributed by atoms with van der Waals surface area (Å²) in [5.74, 6) is -0.156. The third kappa shape index (κ3) is 22.4. The lowest BCUT2D eigenvalue weighted by Crippen LogP contribution is -2.13. The van der Waals surface area contributed by atoms with Crippen molar-refractivity contribution in [1.82, 2.24) is 0 Å². The highest BCUT2D eigenvalue weighted by Crippen LogP contribution is 2.17. The fraction of sp³-hybridized carbons (Fsp3) is 0.600. The van der Waals surface area contributed by atoms with Crippen LogP contribution in [0.1, 0.15) is 60.8 Å². The largest absolute Gasteiger partial charge is 0.396 e. The molecule has 0 atom stereocenters. The molecule has 0 aromatic heterocycles. The summed E-state index contributed by atoms with van der Waals surface area (Å²) in [6, 6.07) is 15.6. The van der Waals surface area contributed by atoms with E-state index >= 15 is 0 Å². The molecule has 0 saturated carbocycles. The third-order valence-electron chi connectivity index (χ3n) is 6.49. The summed E-state index contributed by atoms with van der Waals surface area (Å²) in [6.45, 7) is 8.86. The van der Waals surface area contributed by atoms with Crippen LogP contribution < -0.4 is 0 Å². The summed E-state index contributed by atoms with van der Waals surface area (Å²) < 4.78 is 0. The summed E-state index contributed by atoms with van der Waals surface area (Å²) in [5, 5.41) is 66.3. The van der Waals surface area contributed by atoms with Gasteiger partial charge >= 0.3 is 0 Å². The van der Waals surface area contributed by atoms with Gasteiger partial charge in [-0.25, -0.2) is 29.3 Å². The van der Waals surface area contributed by atoms with Gasteiger partial charge in [0.25, 0.3) is 0 Å². The predicted molar refractivity (Wildman–Crippen MR) is 161 cm³/mol. The molecule has 0 bridgehead atoms. The Balaban J connectivity index is 0. The second kappa shape index (κ2) is 30.9. The smallest absolute Gasteiger partial charge is 0.0911 e. The van der Waals surface area contributed by atoms with E-state index < -0.39 is 0 Å². The SMILES string of the molecule is CCC(COO)COO.CCC(COO)COO.Cc1ccc(C(CO)CO)cc1.Cc1ccc(C(COO)COO)cc1. The number of hydrogen-bond acceptors (Lipinski definition) is 14. The van der Waals surface area contributed by atoms with Crippen LogP contribution in [0.2, 0.25) is 0 Å². The van der Waals surface area contributed by atoms with Crippen molar-refractivity contribution in [3.63, 3.8) is 0 Å². The van der Waals surface area contributed by atoms with E-state index in [9.17, 15) is 0 Å². The Bertz CT molecular complexity index is 816. The number of aliphatic hydroxyl groups is 2. The van der Waals surface area contributed by atoms with Crippen LogP contribution in [0.5, 0.6) is 0 Å². The topological polar surface area (TPSA) is 217 Å². The minimum atomic E-state index is -0.161. The second-order valence-electron chi connectivity index (χ2n) is 9.90. The number of rotatable bonds is 18. The minimum absolute atomic E-state index is 0.000436. The number of benzene rings is 2. The normalized spacial score (nSPS) is 10.7. The van der Waals surface area contributed by atoms with Crippen molar-refractivity contribution in [1.29, 1.82) is 0 Å². The average molecular weight is 637 g/mol. The van der Waals surface area contributed by atoms with E-state index in [1.54, 1.807) is 0 Å². The lowest BCUT2D eigenvalue weighted by molar-refractivity contribution is -0.281. The molecule has 0 radical (unpaired) electrons. The Morgan fingerprint density at radius 1 is 0.455 bits per heavy atom. The van der Waals surface area contributed by atoms with Gasteiger partial charge in [-0.3, -0.25) is 31.5 Å². The molecule has 0 fully saturated rings. The van der Waals surface area contributed by atoms with E-state index in [1.165, 1.54) is 5.56 Å². The molecule has 0 unspecified atom stereocenters. The van der Waals surface area contributed by atoms with Crippen LogP contribution in [-0.2, 0) is 29.3 Å². The van der Waals surface area contributed by atoms with Crippen LogP contribution in [0, 0.1) is 25.7 Å². The Morgan fingerprint density at radius 3 is 0.955 bits per heavy atom. The Hall–Kier alpha value is -2.12. The molecule has 0 aliphatic rings. The first-order valence-electron chi connectivity index (χ1n) is 14.2. The van der Waals surface area contributed by atoms with Gasteiger partial charge in [-0.15, -0.1) is 0 Å². The van der Waals surface area contributed by atoms with E-state index in [1.807, 2.05) is 76.2 Å². The van der Waals surface area contributed by atoms with Crippen LogP contribution in [0.4, 0.5) is 0 Å². The van der Waals surface area contributed by atoms with Gasteiger partial charge in [0.1, 0.15) is 0 Å². The predicted octanol–water partition coefficient (Wildman–Crippen LogP) is 5.10. The lowest BCUT2D eigenvalue weighted by Gasteiger charge is -2.13. The highest BCUT2D eigenvalue weighted by atomic mass is 17.1. The van der Waals surface area contributed by atoms with E-state index in [2.05, 4.69) is 29.3 Å². The fourth-order valence-corrected chi connectivity index (χ4v) is 3.36. The highest BCUT2D eigenvalue weighted by molar-refractivity contribution is 5.25. The molecule has 0 saturated heterocycles. The van der Waals surface area contributed by atoms with Crippen molar-refractivity contribution in [2.75, 3.05) is 52.9 Å². The van der Waals surface area contributed by atoms with E-state index in [4.69, 9.17) is 41.8 Å². The molecule has 0 spiro atoms. The molecule has 2 rings (SSSR count). The Kier molecular flexibility index (Phi) is 30.9. The monoisotopic (exact) mass is 636 g/mol. The van der Waals surface area contributed by atoms with Crippen molar-refractivity contribution in [3.05, 3.63) is 70.8 Å².